The Bertz CT molecular complexity index is 349. The molecule has 0 fully saturated rings. The topological polar surface area (TPSA) is 138 Å². The number of carboxylic acids is 2. The number of carbonyl (C=O) groups excluding carboxylic acids is 1. The number of unbranched alkanes of at least 4 members (excludes halogenated alkanes) is 12. The van der Waals surface area contributed by atoms with Crippen LogP contribution in [0.5, 0.6) is 0 Å². The third kappa shape index (κ3) is 41.0. The lowest BCUT2D eigenvalue weighted by atomic mass is 10.1. The van der Waals surface area contributed by atoms with E-state index in [0.717, 1.165) is 25.7 Å². The van der Waals surface area contributed by atoms with Crippen molar-refractivity contribution < 1.29 is 29.7 Å². The number of hydrogen-bond donors (Lipinski definition) is 4. The van der Waals surface area contributed by atoms with Gasteiger partial charge < -0.3 is 25.8 Å². The second kappa shape index (κ2) is 29.7. The molecule has 0 rings (SSSR count). The van der Waals surface area contributed by atoms with Crippen molar-refractivity contribution in [3.63, 3.8) is 0 Å². The molecule has 0 heterocycles. The fourth-order valence-electron chi connectivity index (χ4n) is 2.51. The maximum Gasteiger partial charge on any atom is 0.303 e. The summed E-state index contributed by atoms with van der Waals surface area (Å²) in [6.45, 7) is 4.14. The molecule has 1 unspecified atom stereocenters. The zero-order valence-corrected chi connectivity index (χ0v) is 19.3. The van der Waals surface area contributed by atoms with Crippen LogP contribution >= 0.6 is 0 Å². The van der Waals surface area contributed by atoms with E-state index in [2.05, 4.69) is 13.8 Å². The molecule has 0 aliphatic rings. The molecular weight excluding hydrogens is 386 g/mol. The summed E-state index contributed by atoms with van der Waals surface area (Å²) in [6, 6.07) is -0.690. The van der Waals surface area contributed by atoms with Gasteiger partial charge in [-0.3, -0.25) is 9.59 Å². The predicted octanol–water partition coefficient (Wildman–Crippen LogP) is 4.93. The summed E-state index contributed by atoms with van der Waals surface area (Å²) >= 11 is 0. The van der Waals surface area contributed by atoms with Gasteiger partial charge in [-0.15, -0.1) is 0 Å². The maximum absolute atomic E-state index is 10.1. The highest BCUT2D eigenvalue weighted by molar-refractivity contribution is 5.66. The van der Waals surface area contributed by atoms with Crippen LogP contribution in [0.3, 0.4) is 0 Å². The van der Waals surface area contributed by atoms with E-state index in [1.807, 2.05) is 0 Å². The van der Waals surface area contributed by atoms with Gasteiger partial charge in [0, 0.05) is 12.8 Å². The number of hydrogen-bond acceptors (Lipinski definition) is 5. The summed E-state index contributed by atoms with van der Waals surface area (Å²) in [7, 11) is 0. The van der Waals surface area contributed by atoms with E-state index in [9.17, 15) is 14.4 Å². The van der Waals surface area contributed by atoms with Gasteiger partial charge in [0.25, 0.3) is 0 Å². The smallest absolute Gasteiger partial charge is 0.303 e. The van der Waals surface area contributed by atoms with Gasteiger partial charge in [0.2, 0.25) is 0 Å². The molecule has 0 saturated carbocycles. The van der Waals surface area contributed by atoms with Crippen molar-refractivity contribution in [2.45, 2.75) is 123 Å². The van der Waals surface area contributed by atoms with Gasteiger partial charge in [0.05, 0.1) is 12.6 Å². The van der Waals surface area contributed by atoms with Crippen LogP contribution < -0.4 is 5.73 Å². The standard InChI is InChI=1S/2C10H20O2.C3H7NO2/c2*1-2-3-4-5-6-7-8-9-10(11)12;4-3(1-5)2-6/h2*2-9H2,1H3,(H,11,12);1,3,6H,2,4H2. The number of carboxylic acid groups (broad SMARTS) is 2. The first-order valence-electron chi connectivity index (χ1n) is 11.6. The number of rotatable bonds is 18. The number of nitrogens with two attached hydrogens (primary N) is 1. The molecule has 7 nitrogen and oxygen atoms in total. The predicted molar refractivity (Wildman–Crippen MR) is 122 cm³/mol. The molecule has 0 aliphatic heterocycles. The first-order chi connectivity index (χ1) is 14.3. The van der Waals surface area contributed by atoms with Gasteiger partial charge in [0.15, 0.2) is 0 Å². The van der Waals surface area contributed by atoms with E-state index in [0.29, 0.717) is 19.1 Å². The third-order valence-electron chi connectivity index (χ3n) is 4.37. The van der Waals surface area contributed by atoms with Crippen LogP contribution in [0.1, 0.15) is 117 Å². The fraction of sp³-hybridized carbons (Fsp3) is 0.870. The Hall–Kier alpha value is -1.47. The summed E-state index contributed by atoms with van der Waals surface area (Å²) < 4.78 is 0. The molecular formula is C23H47NO6. The Morgan fingerprint density at radius 3 is 1.20 bits per heavy atom. The van der Waals surface area contributed by atoms with Gasteiger partial charge in [-0.1, -0.05) is 90.9 Å². The van der Waals surface area contributed by atoms with E-state index in [4.69, 9.17) is 21.1 Å². The Morgan fingerprint density at radius 2 is 1.00 bits per heavy atom. The van der Waals surface area contributed by atoms with Crippen LogP contribution in [0, 0.1) is 0 Å². The van der Waals surface area contributed by atoms with Crippen LogP contribution in [0.25, 0.3) is 0 Å². The van der Waals surface area contributed by atoms with Crippen molar-refractivity contribution in [3.8, 4) is 0 Å². The van der Waals surface area contributed by atoms with E-state index in [1.54, 1.807) is 0 Å². The quantitative estimate of drug-likeness (QED) is 0.178. The summed E-state index contributed by atoms with van der Waals surface area (Å²) in [4.78, 5) is 29.7. The Kier molecular flexibility index (Phi) is 32.9. The molecule has 1 atom stereocenters. The number of aldehydes is 1. The van der Waals surface area contributed by atoms with E-state index in [1.165, 1.54) is 64.2 Å². The van der Waals surface area contributed by atoms with Gasteiger partial charge in [-0.25, -0.2) is 0 Å². The van der Waals surface area contributed by atoms with Gasteiger partial charge in [0.1, 0.15) is 6.29 Å². The maximum atomic E-state index is 10.1. The molecule has 0 aromatic carbocycles. The highest BCUT2D eigenvalue weighted by Crippen LogP contribution is 2.08. The first kappa shape index (κ1) is 33.2. The summed E-state index contributed by atoms with van der Waals surface area (Å²) in [5.74, 6) is -1.33. The Morgan fingerprint density at radius 1 is 0.700 bits per heavy atom. The van der Waals surface area contributed by atoms with Crippen molar-refractivity contribution in [2.24, 2.45) is 5.73 Å². The van der Waals surface area contributed by atoms with Gasteiger partial charge in [-0.2, -0.15) is 0 Å². The molecule has 0 amide bonds. The molecule has 0 aliphatic carbocycles. The average molecular weight is 434 g/mol. The SMILES string of the molecule is CCCCCCCCCC(=O)O.CCCCCCCCCC(=O)O.NC(C=O)CO. The zero-order chi connectivity index (χ0) is 23.5. The number of carbonyl (C=O) groups is 3. The van der Waals surface area contributed by atoms with Crippen molar-refractivity contribution >= 4 is 18.2 Å². The Balaban J connectivity index is -0.000000386. The van der Waals surface area contributed by atoms with Gasteiger partial charge in [-0.05, 0) is 12.8 Å². The molecule has 0 radical (unpaired) electrons. The zero-order valence-electron chi connectivity index (χ0n) is 19.3. The molecule has 0 saturated heterocycles. The van der Waals surface area contributed by atoms with Crippen LogP contribution in [0.15, 0.2) is 0 Å². The number of aliphatic hydroxyl groups is 1. The minimum Gasteiger partial charge on any atom is -0.481 e. The lowest BCUT2D eigenvalue weighted by Gasteiger charge is -1.98. The Labute approximate surface area is 183 Å². The minimum atomic E-state index is -0.690. The molecule has 5 N–H and O–H groups in total. The van der Waals surface area contributed by atoms with Crippen LogP contribution in [0.4, 0.5) is 0 Å². The lowest BCUT2D eigenvalue weighted by Crippen LogP contribution is -2.25. The van der Waals surface area contributed by atoms with E-state index < -0.39 is 18.0 Å². The molecule has 0 bridgehead atoms. The van der Waals surface area contributed by atoms with E-state index >= 15 is 0 Å². The molecule has 0 aromatic rings. The minimum absolute atomic E-state index is 0.260. The van der Waals surface area contributed by atoms with Gasteiger partial charge >= 0.3 is 11.9 Å². The summed E-state index contributed by atoms with van der Waals surface area (Å²) in [5.41, 5.74) is 4.85. The fourth-order valence-corrected chi connectivity index (χ4v) is 2.51. The van der Waals surface area contributed by atoms with Crippen LogP contribution in [0.2, 0.25) is 0 Å². The monoisotopic (exact) mass is 433 g/mol. The van der Waals surface area contributed by atoms with Crippen molar-refractivity contribution in [1.29, 1.82) is 0 Å². The third-order valence-corrected chi connectivity index (χ3v) is 4.37. The van der Waals surface area contributed by atoms with Crippen molar-refractivity contribution in [2.75, 3.05) is 6.61 Å². The van der Waals surface area contributed by atoms with Crippen molar-refractivity contribution in [3.05, 3.63) is 0 Å². The molecule has 0 aromatic heterocycles. The number of aliphatic hydroxyl groups excluding tert-OH is 1. The van der Waals surface area contributed by atoms with Crippen LogP contribution in [-0.4, -0.2) is 46.2 Å². The molecule has 0 spiro atoms. The second-order valence-corrected chi connectivity index (χ2v) is 7.51. The summed E-state index contributed by atoms with van der Waals surface area (Å²) in [5, 5.41) is 24.7. The van der Waals surface area contributed by atoms with Crippen LogP contribution in [-0.2, 0) is 14.4 Å². The largest absolute Gasteiger partial charge is 0.481 e. The highest BCUT2D eigenvalue weighted by Gasteiger charge is 1.96. The molecule has 30 heavy (non-hydrogen) atoms. The van der Waals surface area contributed by atoms with E-state index in [-0.39, 0.29) is 6.61 Å². The lowest BCUT2D eigenvalue weighted by molar-refractivity contribution is -0.138. The highest BCUT2D eigenvalue weighted by atomic mass is 16.4. The van der Waals surface area contributed by atoms with Crippen molar-refractivity contribution in [1.82, 2.24) is 0 Å². The first-order valence-corrected chi connectivity index (χ1v) is 11.6. The summed E-state index contributed by atoms with van der Waals surface area (Å²) in [6.07, 6.45) is 17.8. The molecule has 7 heteroatoms. The molecule has 180 valence electrons. The number of aliphatic carboxylic acids is 2. The average Bonchev–Trinajstić information content (AvgIpc) is 2.72. The normalized spacial score (nSPS) is 10.8. The second-order valence-electron chi connectivity index (χ2n) is 7.51.